The Morgan fingerprint density at radius 1 is 0.607 bits per heavy atom. The summed E-state index contributed by atoms with van der Waals surface area (Å²) in [5, 5.41) is 0. The molecule has 0 aliphatic heterocycles. The van der Waals surface area contributed by atoms with Crippen molar-refractivity contribution in [2.75, 3.05) is 7.11 Å². The molecule has 1 rings (SSSR count). The van der Waals surface area contributed by atoms with Gasteiger partial charge in [-0.05, 0) is 36.0 Å². The Morgan fingerprint density at radius 2 is 1.00 bits per heavy atom. The summed E-state index contributed by atoms with van der Waals surface area (Å²) in [6.07, 6.45) is 22.2. The van der Waals surface area contributed by atoms with E-state index in [0.29, 0.717) is 5.41 Å². The van der Waals surface area contributed by atoms with Crippen LogP contribution in [0.5, 0.6) is 5.75 Å². The first-order chi connectivity index (χ1) is 13.7. The first-order valence-electron chi connectivity index (χ1n) is 12.3. The normalized spacial score (nSPS) is 13.4. The van der Waals surface area contributed by atoms with Crippen LogP contribution in [0, 0.1) is 0 Å². The summed E-state index contributed by atoms with van der Waals surface area (Å²) in [7, 11) is 1.75. The van der Waals surface area contributed by atoms with Crippen molar-refractivity contribution in [1.82, 2.24) is 0 Å². The van der Waals surface area contributed by atoms with Gasteiger partial charge in [0.2, 0.25) is 0 Å². The van der Waals surface area contributed by atoms with Crippen molar-refractivity contribution in [3.8, 4) is 5.75 Å². The average Bonchev–Trinajstić information content (AvgIpc) is 2.72. The van der Waals surface area contributed by atoms with Crippen LogP contribution in [0.15, 0.2) is 24.3 Å². The standard InChI is InChI=1S/C27H48O/c1-5-7-9-11-13-14-16-18-24-27(3,23-17-15-12-10-8-6-2)25-19-21-26(28-4)22-20-25/h19-22H,5-18,23-24H2,1-4H3. The van der Waals surface area contributed by atoms with E-state index >= 15 is 0 Å². The maximum atomic E-state index is 5.37. The van der Waals surface area contributed by atoms with Crippen LogP contribution in [0.2, 0.25) is 0 Å². The van der Waals surface area contributed by atoms with Crippen molar-refractivity contribution >= 4 is 0 Å². The molecule has 0 N–H and O–H groups in total. The molecule has 1 atom stereocenters. The molecule has 0 amide bonds. The molecule has 0 aromatic heterocycles. The van der Waals surface area contributed by atoms with Gasteiger partial charge in [-0.2, -0.15) is 0 Å². The second-order valence-corrected chi connectivity index (χ2v) is 9.03. The first-order valence-corrected chi connectivity index (χ1v) is 12.3. The highest BCUT2D eigenvalue weighted by molar-refractivity contribution is 5.32. The maximum Gasteiger partial charge on any atom is 0.118 e. The summed E-state index contributed by atoms with van der Waals surface area (Å²) in [5.74, 6) is 0.970. The van der Waals surface area contributed by atoms with E-state index in [-0.39, 0.29) is 0 Å². The lowest BCUT2D eigenvalue weighted by Gasteiger charge is -2.31. The van der Waals surface area contributed by atoms with E-state index in [0.717, 1.165) is 5.75 Å². The van der Waals surface area contributed by atoms with Crippen molar-refractivity contribution < 1.29 is 4.74 Å². The van der Waals surface area contributed by atoms with Gasteiger partial charge in [0, 0.05) is 0 Å². The number of benzene rings is 1. The molecule has 1 nitrogen and oxygen atoms in total. The Kier molecular flexibility index (Phi) is 14.2. The molecule has 0 aliphatic rings. The number of ether oxygens (including phenoxy) is 1. The lowest BCUT2D eigenvalue weighted by atomic mass is 9.74. The summed E-state index contributed by atoms with van der Waals surface area (Å²) in [4.78, 5) is 0. The molecule has 1 aromatic carbocycles. The largest absolute Gasteiger partial charge is 0.497 e. The Balaban J connectivity index is 2.47. The third-order valence-corrected chi connectivity index (χ3v) is 6.45. The predicted molar refractivity (Wildman–Crippen MR) is 126 cm³/mol. The van der Waals surface area contributed by atoms with Crippen LogP contribution < -0.4 is 4.74 Å². The van der Waals surface area contributed by atoms with E-state index in [1.165, 1.54) is 108 Å². The molecule has 0 aliphatic carbocycles. The minimum Gasteiger partial charge on any atom is -0.497 e. The highest BCUT2D eigenvalue weighted by atomic mass is 16.5. The summed E-state index contributed by atoms with van der Waals surface area (Å²) < 4.78 is 5.37. The van der Waals surface area contributed by atoms with Crippen LogP contribution in [-0.2, 0) is 5.41 Å². The highest BCUT2D eigenvalue weighted by Gasteiger charge is 2.25. The fourth-order valence-electron chi connectivity index (χ4n) is 4.35. The van der Waals surface area contributed by atoms with Crippen LogP contribution in [0.25, 0.3) is 0 Å². The summed E-state index contributed by atoms with van der Waals surface area (Å²) in [5.41, 5.74) is 1.82. The fourth-order valence-corrected chi connectivity index (χ4v) is 4.35. The summed E-state index contributed by atoms with van der Waals surface area (Å²) >= 11 is 0. The van der Waals surface area contributed by atoms with Crippen molar-refractivity contribution in [2.24, 2.45) is 0 Å². The zero-order valence-corrected chi connectivity index (χ0v) is 19.5. The highest BCUT2D eigenvalue weighted by Crippen LogP contribution is 2.36. The SMILES string of the molecule is CCCCCCCCCCC(C)(CCCCCCCC)c1ccc(OC)cc1. The van der Waals surface area contributed by atoms with Gasteiger partial charge in [0.25, 0.3) is 0 Å². The molecule has 1 aromatic rings. The van der Waals surface area contributed by atoms with Gasteiger partial charge in [-0.25, -0.2) is 0 Å². The number of hydrogen-bond acceptors (Lipinski definition) is 1. The van der Waals surface area contributed by atoms with Gasteiger partial charge >= 0.3 is 0 Å². The second-order valence-electron chi connectivity index (χ2n) is 9.03. The number of rotatable bonds is 18. The molecule has 1 unspecified atom stereocenters. The van der Waals surface area contributed by atoms with Gasteiger partial charge in [0.05, 0.1) is 7.11 Å². The van der Waals surface area contributed by atoms with Gasteiger partial charge in [-0.3, -0.25) is 0 Å². The quantitative estimate of drug-likeness (QED) is 0.228. The fraction of sp³-hybridized carbons (Fsp3) is 0.778. The minimum absolute atomic E-state index is 0.319. The van der Waals surface area contributed by atoms with Crippen molar-refractivity contribution in [2.45, 2.75) is 129 Å². The van der Waals surface area contributed by atoms with Crippen molar-refractivity contribution in [3.05, 3.63) is 29.8 Å². The number of methoxy groups -OCH3 is 1. The van der Waals surface area contributed by atoms with Crippen LogP contribution in [-0.4, -0.2) is 7.11 Å². The Hall–Kier alpha value is -0.980. The number of hydrogen-bond donors (Lipinski definition) is 0. The van der Waals surface area contributed by atoms with Gasteiger partial charge < -0.3 is 4.74 Å². The van der Waals surface area contributed by atoms with Crippen LogP contribution in [0.3, 0.4) is 0 Å². The van der Waals surface area contributed by atoms with Crippen LogP contribution >= 0.6 is 0 Å². The van der Waals surface area contributed by atoms with E-state index in [9.17, 15) is 0 Å². The molecule has 0 heterocycles. The van der Waals surface area contributed by atoms with E-state index in [4.69, 9.17) is 4.74 Å². The van der Waals surface area contributed by atoms with E-state index in [1.54, 1.807) is 7.11 Å². The molecule has 0 radical (unpaired) electrons. The van der Waals surface area contributed by atoms with Crippen molar-refractivity contribution in [3.63, 3.8) is 0 Å². The predicted octanol–water partition coefficient (Wildman–Crippen LogP) is 9.23. The molecule has 1 heteroatoms. The summed E-state index contributed by atoms with van der Waals surface area (Å²) in [6.45, 7) is 7.09. The molecule has 0 fully saturated rings. The summed E-state index contributed by atoms with van der Waals surface area (Å²) in [6, 6.07) is 8.90. The van der Waals surface area contributed by atoms with Crippen LogP contribution in [0.4, 0.5) is 0 Å². The minimum atomic E-state index is 0.319. The third kappa shape index (κ3) is 10.5. The molecule has 28 heavy (non-hydrogen) atoms. The second kappa shape index (κ2) is 15.9. The monoisotopic (exact) mass is 388 g/mol. The average molecular weight is 389 g/mol. The first kappa shape index (κ1) is 25.1. The Labute approximate surface area is 176 Å². The zero-order valence-electron chi connectivity index (χ0n) is 19.5. The molecule has 162 valence electrons. The molecular weight excluding hydrogens is 340 g/mol. The van der Waals surface area contributed by atoms with Crippen molar-refractivity contribution in [1.29, 1.82) is 0 Å². The maximum absolute atomic E-state index is 5.37. The molecule has 0 spiro atoms. The third-order valence-electron chi connectivity index (χ3n) is 6.45. The van der Waals surface area contributed by atoms with E-state index in [2.05, 4.69) is 45.0 Å². The lowest BCUT2D eigenvalue weighted by Crippen LogP contribution is -2.22. The lowest BCUT2D eigenvalue weighted by molar-refractivity contribution is 0.361. The van der Waals surface area contributed by atoms with Gasteiger partial charge in [0.1, 0.15) is 5.75 Å². The molecule has 0 bridgehead atoms. The zero-order chi connectivity index (χ0) is 20.5. The number of unbranched alkanes of at least 4 members (excludes halogenated alkanes) is 12. The smallest absolute Gasteiger partial charge is 0.118 e. The van der Waals surface area contributed by atoms with Gasteiger partial charge in [-0.15, -0.1) is 0 Å². The topological polar surface area (TPSA) is 9.23 Å². The van der Waals surface area contributed by atoms with Gasteiger partial charge in [0.15, 0.2) is 0 Å². The molecule has 0 saturated carbocycles. The van der Waals surface area contributed by atoms with Gasteiger partial charge in [-0.1, -0.05) is 123 Å². The molecule has 0 saturated heterocycles. The Bertz CT molecular complexity index is 464. The Morgan fingerprint density at radius 3 is 1.39 bits per heavy atom. The van der Waals surface area contributed by atoms with E-state index in [1.807, 2.05) is 0 Å². The van der Waals surface area contributed by atoms with Crippen LogP contribution in [0.1, 0.15) is 129 Å². The van der Waals surface area contributed by atoms with E-state index < -0.39 is 0 Å². The molecular formula is C27H48O.